The molecule has 0 unspecified atom stereocenters. The van der Waals surface area contributed by atoms with Crippen molar-refractivity contribution in [3.63, 3.8) is 0 Å². The molecule has 0 spiro atoms. The molecule has 0 aliphatic rings. The summed E-state index contributed by atoms with van der Waals surface area (Å²) in [6.07, 6.45) is 3.49. The molecule has 3 aromatic rings. The van der Waals surface area contributed by atoms with Gasteiger partial charge in [0.2, 0.25) is 0 Å². The SMILES string of the molecule is Cc1cccn2cc(C(=O)NCc3n[nH]c(=O)[nH]3)nc12. The van der Waals surface area contributed by atoms with E-state index in [1.54, 1.807) is 10.6 Å². The highest BCUT2D eigenvalue weighted by molar-refractivity contribution is 5.92. The first kappa shape index (κ1) is 12.2. The second-order valence-electron chi connectivity index (χ2n) is 4.36. The van der Waals surface area contributed by atoms with Crippen LogP contribution in [0.3, 0.4) is 0 Å². The highest BCUT2D eigenvalue weighted by atomic mass is 16.2. The zero-order valence-corrected chi connectivity index (χ0v) is 10.7. The Labute approximate surface area is 112 Å². The number of amides is 1. The minimum Gasteiger partial charge on any atom is -0.343 e. The molecule has 0 bridgehead atoms. The summed E-state index contributed by atoms with van der Waals surface area (Å²) in [4.78, 5) is 29.6. The number of aromatic nitrogens is 5. The predicted molar refractivity (Wildman–Crippen MR) is 70.3 cm³/mol. The van der Waals surface area contributed by atoms with Gasteiger partial charge in [-0.05, 0) is 18.6 Å². The molecule has 8 heteroatoms. The first-order valence-electron chi connectivity index (χ1n) is 5.99. The van der Waals surface area contributed by atoms with Crippen LogP contribution in [0.15, 0.2) is 29.3 Å². The van der Waals surface area contributed by atoms with Gasteiger partial charge in [0.05, 0.1) is 6.54 Å². The molecule has 3 rings (SSSR count). The van der Waals surface area contributed by atoms with Gasteiger partial charge in [-0.15, -0.1) is 0 Å². The van der Waals surface area contributed by atoms with Crippen molar-refractivity contribution in [2.75, 3.05) is 0 Å². The van der Waals surface area contributed by atoms with Gasteiger partial charge in [-0.1, -0.05) is 6.07 Å². The van der Waals surface area contributed by atoms with Crippen molar-refractivity contribution in [2.24, 2.45) is 0 Å². The molecular weight excluding hydrogens is 260 g/mol. The molecule has 0 aromatic carbocycles. The lowest BCUT2D eigenvalue weighted by Crippen LogP contribution is -2.24. The molecule has 0 aliphatic heterocycles. The van der Waals surface area contributed by atoms with Gasteiger partial charge in [0, 0.05) is 12.4 Å². The average Bonchev–Trinajstić information content (AvgIpc) is 3.03. The molecule has 3 N–H and O–H groups in total. The monoisotopic (exact) mass is 272 g/mol. The fraction of sp³-hybridized carbons (Fsp3) is 0.167. The molecule has 102 valence electrons. The number of fused-ring (bicyclic) bond motifs is 1. The quantitative estimate of drug-likeness (QED) is 0.622. The number of hydrogen-bond donors (Lipinski definition) is 3. The largest absolute Gasteiger partial charge is 0.343 e. The van der Waals surface area contributed by atoms with Crippen LogP contribution in [-0.4, -0.2) is 30.5 Å². The second-order valence-corrected chi connectivity index (χ2v) is 4.36. The number of pyridine rings is 1. The van der Waals surface area contributed by atoms with Crippen molar-refractivity contribution in [2.45, 2.75) is 13.5 Å². The summed E-state index contributed by atoms with van der Waals surface area (Å²) in [5.41, 5.74) is 1.64. The maximum atomic E-state index is 12.0. The van der Waals surface area contributed by atoms with Crippen LogP contribution in [-0.2, 0) is 6.54 Å². The molecule has 0 saturated heterocycles. The van der Waals surface area contributed by atoms with Gasteiger partial charge in [0.1, 0.15) is 17.2 Å². The number of rotatable bonds is 3. The van der Waals surface area contributed by atoms with Crippen molar-refractivity contribution in [3.05, 3.63) is 52.1 Å². The van der Waals surface area contributed by atoms with Crippen molar-refractivity contribution < 1.29 is 4.79 Å². The highest BCUT2D eigenvalue weighted by Crippen LogP contribution is 2.09. The van der Waals surface area contributed by atoms with Crippen molar-refractivity contribution in [1.29, 1.82) is 0 Å². The summed E-state index contributed by atoms with van der Waals surface area (Å²) >= 11 is 0. The molecule has 0 fully saturated rings. The van der Waals surface area contributed by atoms with E-state index < -0.39 is 5.69 Å². The Morgan fingerprint density at radius 1 is 1.50 bits per heavy atom. The Kier molecular flexibility index (Phi) is 2.82. The van der Waals surface area contributed by atoms with Crippen molar-refractivity contribution in [3.8, 4) is 0 Å². The molecule has 20 heavy (non-hydrogen) atoms. The van der Waals surface area contributed by atoms with E-state index in [1.807, 2.05) is 25.3 Å². The van der Waals surface area contributed by atoms with Gasteiger partial charge < -0.3 is 9.72 Å². The number of nitrogens with one attached hydrogen (secondary N) is 3. The first-order valence-corrected chi connectivity index (χ1v) is 5.99. The van der Waals surface area contributed by atoms with E-state index in [2.05, 4.69) is 25.5 Å². The molecule has 0 radical (unpaired) electrons. The third kappa shape index (κ3) is 2.18. The van der Waals surface area contributed by atoms with E-state index in [9.17, 15) is 9.59 Å². The number of aromatic amines is 2. The van der Waals surface area contributed by atoms with Crippen molar-refractivity contribution >= 4 is 11.6 Å². The van der Waals surface area contributed by atoms with E-state index in [-0.39, 0.29) is 12.5 Å². The third-order valence-electron chi connectivity index (χ3n) is 2.88. The molecule has 1 amide bonds. The van der Waals surface area contributed by atoms with E-state index in [0.717, 1.165) is 11.2 Å². The van der Waals surface area contributed by atoms with Crippen LogP contribution in [0, 0.1) is 6.92 Å². The lowest BCUT2D eigenvalue weighted by Gasteiger charge is -1.98. The van der Waals surface area contributed by atoms with Crippen LogP contribution in [0.25, 0.3) is 5.65 Å². The average molecular weight is 272 g/mol. The summed E-state index contributed by atoms with van der Waals surface area (Å²) in [6.45, 7) is 2.06. The Morgan fingerprint density at radius 2 is 2.35 bits per heavy atom. The van der Waals surface area contributed by atoms with Crippen LogP contribution in [0.4, 0.5) is 0 Å². The van der Waals surface area contributed by atoms with Crippen LogP contribution in [0.2, 0.25) is 0 Å². The van der Waals surface area contributed by atoms with Crippen molar-refractivity contribution in [1.82, 2.24) is 29.9 Å². The Morgan fingerprint density at radius 3 is 3.05 bits per heavy atom. The number of hydrogen-bond acceptors (Lipinski definition) is 4. The van der Waals surface area contributed by atoms with E-state index in [4.69, 9.17) is 0 Å². The lowest BCUT2D eigenvalue weighted by molar-refractivity contribution is 0.0945. The summed E-state index contributed by atoms with van der Waals surface area (Å²) in [6, 6.07) is 3.82. The molecule has 3 heterocycles. The maximum absolute atomic E-state index is 12.0. The zero-order valence-electron chi connectivity index (χ0n) is 10.7. The number of nitrogens with zero attached hydrogens (tertiary/aromatic N) is 3. The van der Waals surface area contributed by atoms with Crippen LogP contribution >= 0.6 is 0 Å². The summed E-state index contributed by atoms with van der Waals surface area (Å²) < 4.78 is 1.79. The van der Waals surface area contributed by atoms with Gasteiger partial charge >= 0.3 is 5.69 Å². The fourth-order valence-corrected chi connectivity index (χ4v) is 1.91. The Balaban J connectivity index is 1.78. The number of carbonyl (C=O) groups is 1. The molecule has 0 atom stereocenters. The molecule has 3 aromatic heterocycles. The van der Waals surface area contributed by atoms with E-state index >= 15 is 0 Å². The van der Waals surface area contributed by atoms with Gasteiger partial charge in [-0.3, -0.25) is 9.78 Å². The van der Waals surface area contributed by atoms with Crippen LogP contribution in [0.5, 0.6) is 0 Å². The first-order chi connectivity index (χ1) is 9.63. The molecular formula is C12H12N6O2. The summed E-state index contributed by atoms with van der Waals surface area (Å²) in [5.74, 6) is 0.0419. The zero-order chi connectivity index (χ0) is 14.1. The smallest absolute Gasteiger partial charge is 0.340 e. The standard InChI is InChI=1S/C12H12N6O2/c1-7-3-2-4-18-6-8(14-10(7)18)11(19)13-5-9-15-12(20)17-16-9/h2-4,6H,5H2,1H3,(H,13,19)(H2,15,16,17,20). The number of carbonyl (C=O) groups excluding carboxylic acids is 1. The van der Waals surface area contributed by atoms with Gasteiger partial charge in [0.15, 0.2) is 0 Å². The third-order valence-corrected chi connectivity index (χ3v) is 2.88. The van der Waals surface area contributed by atoms with Gasteiger partial charge in [-0.2, -0.15) is 5.10 Å². The number of aryl methyl sites for hydroxylation is 1. The normalized spacial score (nSPS) is 10.8. The topological polar surface area (TPSA) is 108 Å². The van der Waals surface area contributed by atoms with E-state index in [0.29, 0.717) is 11.5 Å². The van der Waals surface area contributed by atoms with Gasteiger partial charge in [-0.25, -0.2) is 14.9 Å². The lowest BCUT2D eigenvalue weighted by atomic mass is 10.3. The predicted octanol–water partition coefficient (Wildman–Crippen LogP) is -0.0159. The van der Waals surface area contributed by atoms with Crippen LogP contribution in [0.1, 0.15) is 21.9 Å². The van der Waals surface area contributed by atoms with Crippen LogP contribution < -0.4 is 11.0 Å². The molecule has 0 aliphatic carbocycles. The maximum Gasteiger partial charge on any atom is 0.340 e. The minimum atomic E-state index is -0.405. The molecule has 8 nitrogen and oxygen atoms in total. The summed E-state index contributed by atoms with van der Waals surface area (Å²) in [7, 11) is 0. The van der Waals surface area contributed by atoms with Gasteiger partial charge in [0.25, 0.3) is 5.91 Å². The highest BCUT2D eigenvalue weighted by Gasteiger charge is 2.12. The summed E-state index contributed by atoms with van der Waals surface area (Å²) in [5, 5.41) is 8.58. The minimum absolute atomic E-state index is 0.129. The van der Waals surface area contributed by atoms with E-state index in [1.165, 1.54) is 0 Å². The second kappa shape index (κ2) is 4.65. The molecule has 0 saturated carbocycles. The fourth-order valence-electron chi connectivity index (χ4n) is 1.91. The number of H-pyrrole nitrogens is 2. The Hall–Kier alpha value is -2.90. The Bertz CT molecular complexity index is 828. The number of imidazole rings is 1.